The van der Waals surface area contributed by atoms with Crippen molar-refractivity contribution in [3.8, 4) is 0 Å². The monoisotopic (exact) mass is 84.0 g/mol. The molecule has 0 aromatic heterocycles. The molecule has 26 valence electrons. The van der Waals surface area contributed by atoms with Crippen molar-refractivity contribution < 1.29 is 0 Å². The molecule has 0 amide bonds. The van der Waals surface area contributed by atoms with E-state index in [1.165, 1.54) is 0 Å². The van der Waals surface area contributed by atoms with Gasteiger partial charge in [0.2, 0.25) is 0 Å². The zero-order valence-electron chi connectivity index (χ0n) is 2.82. The normalized spacial score (nSPS) is 91.2. The molecule has 0 atom stereocenters. The zero-order valence-corrected chi connectivity index (χ0v) is 3.64. The van der Waals surface area contributed by atoms with Gasteiger partial charge >= 0.3 is 0 Å². The Morgan fingerprint density at radius 2 is 1.40 bits per heavy atom. The van der Waals surface area contributed by atoms with Gasteiger partial charge in [-0.05, 0) is 12.8 Å². The van der Waals surface area contributed by atoms with Gasteiger partial charge in [-0.25, -0.2) is 0 Å². The first kappa shape index (κ1) is 1.87. The lowest BCUT2D eigenvalue weighted by Crippen LogP contribution is -1.92. The molecule has 3 rings (SSSR count). The first-order valence-electron chi connectivity index (χ1n) is 2.07. The minimum atomic E-state index is 0.979. The molecule has 1 aliphatic heterocycles. The van der Waals surface area contributed by atoms with Crippen molar-refractivity contribution >= 4 is 11.8 Å². The molecule has 0 radical (unpaired) electrons. The number of hydrogen-bond donors (Lipinski definition) is 0. The van der Waals surface area contributed by atoms with Crippen molar-refractivity contribution in [3.05, 3.63) is 0 Å². The molecule has 1 heteroatoms. The largest absolute Gasteiger partial charge is 0.145 e. The molecule has 2 saturated carbocycles. The summed E-state index contributed by atoms with van der Waals surface area (Å²) >= 11 is 2.20. The van der Waals surface area contributed by atoms with Gasteiger partial charge in [-0.1, -0.05) is 0 Å². The molecular formula is C4H4S. The lowest BCUT2D eigenvalue weighted by Gasteiger charge is -2.02. The predicted molar refractivity (Wildman–Crippen MR) is 22.3 cm³/mol. The van der Waals surface area contributed by atoms with E-state index in [1.807, 2.05) is 0 Å². The van der Waals surface area contributed by atoms with Crippen molar-refractivity contribution in [1.29, 1.82) is 0 Å². The Hall–Kier alpha value is 0.350. The summed E-state index contributed by atoms with van der Waals surface area (Å²) in [6.45, 7) is 0. The molecular weight excluding hydrogens is 80.1 g/mol. The minimum absolute atomic E-state index is 0.979. The van der Waals surface area contributed by atoms with E-state index in [0.29, 0.717) is 0 Å². The summed E-state index contributed by atoms with van der Waals surface area (Å²) in [5, 5.41) is 0. The molecule has 0 N–H and O–H groups in total. The second-order valence-electron chi connectivity index (χ2n) is 2.44. The first-order valence-corrected chi connectivity index (χ1v) is 2.89. The highest BCUT2D eigenvalue weighted by Crippen LogP contribution is 3.03. The van der Waals surface area contributed by atoms with Gasteiger partial charge in [0.25, 0.3) is 0 Å². The average Bonchev–Trinajstić information content (AvgIpc) is 1.30. The number of hydrogen-bond acceptors (Lipinski definition) is 1. The Morgan fingerprint density at radius 3 is 1.40 bits per heavy atom. The quantitative estimate of drug-likeness (QED) is 0.395. The first-order chi connectivity index (χ1) is 2.37. The predicted octanol–water partition coefficient (Wildman–Crippen LogP) is 1.02. The molecule has 3 fully saturated rings. The molecule has 1 heterocycles. The maximum atomic E-state index is 2.20. The summed E-state index contributed by atoms with van der Waals surface area (Å²) < 4.78 is 1.96. The van der Waals surface area contributed by atoms with Crippen LogP contribution in [-0.2, 0) is 0 Å². The third kappa shape index (κ3) is 0.0527. The van der Waals surface area contributed by atoms with E-state index in [2.05, 4.69) is 11.8 Å². The van der Waals surface area contributed by atoms with Gasteiger partial charge in [-0.15, -0.1) is 11.8 Å². The standard InChI is InChI=1S/C4H4S/c1-3-2-4(1,3)5-3/h1-2H2. The second-order valence-corrected chi connectivity index (χ2v) is 4.21. The summed E-state index contributed by atoms with van der Waals surface area (Å²) in [6, 6.07) is 0. The van der Waals surface area contributed by atoms with E-state index in [-0.39, 0.29) is 0 Å². The highest BCUT2D eigenvalue weighted by Gasteiger charge is 3.00. The van der Waals surface area contributed by atoms with Crippen LogP contribution in [-0.4, -0.2) is 9.49 Å². The van der Waals surface area contributed by atoms with Gasteiger partial charge in [0, 0.05) is 9.49 Å². The lowest BCUT2D eigenvalue weighted by atomic mass is 10.4. The molecule has 0 aromatic carbocycles. The van der Waals surface area contributed by atoms with Crippen molar-refractivity contribution in [2.45, 2.75) is 22.3 Å². The van der Waals surface area contributed by atoms with E-state index < -0.39 is 0 Å². The highest BCUT2D eigenvalue weighted by atomic mass is 32.2. The summed E-state index contributed by atoms with van der Waals surface area (Å²) in [5.41, 5.74) is 0. The molecule has 0 unspecified atom stereocenters. The maximum absolute atomic E-state index is 2.20. The van der Waals surface area contributed by atoms with E-state index in [0.717, 1.165) is 9.49 Å². The fourth-order valence-electron chi connectivity index (χ4n) is 1.11. The molecule has 0 nitrogen and oxygen atoms in total. The fourth-order valence-corrected chi connectivity index (χ4v) is 2.59. The van der Waals surface area contributed by atoms with Crippen molar-refractivity contribution in [3.63, 3.8) is 0 Å². The summed E-state index contributed by atoms with van der Waals surface area (Å²) in [6.07, 6.45) is 3.18. The lowest BCUT2D eigenvalue weighted by molar-refractivity contribution is 0.915. The minimum Gasteiger partial charge on any atom is -0.145 e. The third-order valence-electron chi connectivity index (χ3n) is 2.07. The van der Waals surface area contributed by atoms with Gasteiger partial charge in [0.15, 0.2) is 0 Å². The van der Waals surface area contributed by atoms with E-state index in [9.17, 15) is 0 Å². The van der Waals surface area contributed by atoms with Crippen molar-refractivity contribution in [2.75, 3.05) is 0 Å². The van der Waals surface area contributed by atoms with E-state index in [1.54, 1.807) is 12.8 Å². The average molecular weight is 84.1 g/mol. The Labute approximate surface area is 34.9 Å². The van der Waals surface area contributed by atoms with Crippen LogP contribution < -0.4 is 0 Å². The van der Waals surface area contributed by atoms with Crippen LogP contribution in [0.2, 0.25) is 0 Å². The van der Waals surface area contributed by atoms with Gasteiger partial charge in [-0.3, -0.25) is 0 Å². The van der Waals surface area contributed by atoms with Gasteiger partial charge < -0.3 is 0 Å². The molecule has 5 heavy (non-hydrogen) atoms. The van der Waals surface area contributed by atoms with Crippen molar-refractivity contribution in [1.82, 2.24) is 0 Å². The Balaban J connectivity index is 2.58. The molecule has 3 aliphatic rings. The van der Waals surface area contributed by atoms with Crippen LogP contribution in [0.5, 0.6) is 0 Å². The maximum Gasteiger partial charge on any atom is 0.0341 e. The van der Waals surface area contributed by atoms with Gasteiger partial charge in [0.1, 0.15) is 0 Å². The van der Waals surface area contributed by atoms with Gasteiger partial charge in [-0.2, -0.15) is 0 Å². The topological polar surface area (TPSA) is 0 Å². The summed E-state index contributed by atoms with van der Waals surface area (Å²) in [7, 11) is 0. The Bertz CT molecular complexity index is 85.0. The van der Waals surface area contributed by atoms with Crippen LogP contribution in [0.3, 0.4) is 0 Å². The molecule has 0 spiro atoms. The van der Waals surface area contributed by atoms with Crippen LogP contribution >= 0.6 is 11.8 Å². The molecule has 1 saturated heterocycles. The van der Waals surface area contributed by atoms with Crippen LogP contribution in [0.25, 0.3) is 0 Å². The Morgan fingerprint density at radius 1 is 1.20 bits per heavy atom. The zero-order chi connectivity index (χ0) is 3.12. The second kappa shape index (κ2) is 0.207. The van der Waals surface area contributed by atoms with Crippen LogP contribution in [0.4, 0.5) is 0 Å². The van der Waals surface area contributed by atoms with Crippen LogP contribution in [0, 0.1) is 0 Å². The SMILES string of the molecule is C1C23CC12S3. The summed E-state index contributed by atoms with van der Waals surface area (Å²) in [4.78, 5) is 0. The van der Waals surface area contributed by atoms with E-state index >= 15 is 0 Å². The van der Waals surface area contributed by atoms with Crippen LogP contribution in [0.1, 0.15) is 12.8 Å². The number of rotatable bonds is 0. The van der Waals surface area contributed by atoms with Crippen LogP contribution in [0.15, 0.2) is 0 Å². The number of thioether (sulfide) groups is 1. The summed E-state index contributed by atoms with van der Waals surface area (Å²) in [5.74, 6) is 0. The highest BCUT2D eigenvalue weighted by molar-refractivity contribution is 8.13. The molecule has 2 aliphatic carbocycles. The molecule has 0 bridgehead atoms. The van der Waals surface area contributed by atoms with E-state index in [4.69, 9.17) is 0 Å². The van der Waals surface area contributed by atoms with Crippen molar-refractivity contribution in [2.24, 2.45) is 0 Å². The Kier molecular flexibility index (Phi) is 0.0777. The fraction of sp³-hybridized carbons (Fsp3) is 1.00. The third-order valence-corrected chi connectivity index (χ3v) is 4.01. The smallest absolute Gasteiger partial charge is 0.0341 e. The van der Waals surface area contributed by atoms with Gasteiger partial charge in [0.05, 0.1) is 0 Å². The molecule has 0 aromatic rings.